The molecule has 2 aromatic carbocycles. The summed E-state index contributed by atoms with van der Waals surface area (Å²) in [7, 11) is -2.54. The van der Waals surface area contributed by atoms with Crippen molar-refractivity contribution >= 4 is 24.7 Å². The van der Waals surface area contributed by atoms with Gasteiger partial charge in [-0.3, -0.25) is 0 Å². The minimum absolute atomic E-state index is 0.0579. The second-order valence-electron chi connectivity index (χ2n) is 8.21. The number of hydrogen-bond acceptors (Lipinski definition) is 3. The van der Waals surface area contributed by atoms with E-state index in [4.69, 9.17) is 9.16 Å². The lowest BCUT2D eigenvalue weighted by atomic mass is 10.1. The third kappa shape index (κ3) is 3.92. The van der Waals surface area contributed by atoms with Crippen LogP contribution in [0.2, 0.25) is 5.04 Å². The highest BCUT2D eigenvalue weighted by molar-refractivity contribution is 6.99. The van der Waals surface area contributed by atoms with Crippen LogP contribution in [-0.2, 0) is 14.0 Å². The molecule has 0 spiro atoms. The molecule has 0 amide bonds. The van der Waals surface area contributed by atoms with Crippen molar-refractivity contribution in [3.05, 3.63) is 72.8 Å². The average Bonchev–Trinajstić information content (AvgIpc) is 3.09. The summed E-state index contributed by atoms with van der Waals surface area (Å²) >= 11 is 0. The third-order valence-corrected chi connectivity index (χ3v) is 10.2. The molecule has 0 aromatic heterocycles. The zero-order valence-corrected chi connectivity index (χ0v) is 17.5. The van der Waals surface area contributed by atoms with Gasteiger partial charge in [0.25, 0.3) is 8.32 Å². The molecule has 1 aliphatic heterocycles. The number of carbonyl (C=O) groups is 1. The molecule has 142 valence electrons. The fourth-order valence-electron chi connectivity index (χ4n) is 3.80. The van der Waals surface area contributed by atoms with Crippen LogP contribution in [0, 0.1) is 5.92 Å². The Bertz CT molecular complexity index is 754. The Kier molecular flexibility index (Phi) is 5.68. The first-order valence-corrected chi connectivity index (χ1v) is 11.4. The van der Waals surface area contributed by atoms with Gasteiger partial charge in [0.05, 0.1) is 0 Å². The molecule has 27 heavy (non-hydrogen) atoms. The second-order valence-corrected chi connectivity index (χ2v) is 12.5. The lowest BCUT2D eigenvalue weighted by Crippen LogP contribution is -2.67. The van der Waals surface area contributed by atoms with E-state index in [1.165, 1.54) is 16.4 Å². The fraction of sp³-hybridized carbons (Fsp3) is 0.348. The zero-order chi connectivity index (χ0) is 19.5. The Morgan fingerprint density at radius 2 is 1.52 bits per heavy atom. The standard InChI is InChI=1S/C23H28O3Si/c1-18(21-15-16-22(24)26-21)17-25-27(23(2,3)4,19-11-7-5-8-12-19)20-13-9-6-10-14-20/h5-16,18,21H,17H2,1-4H3/t18-,21+/m1/s1. The van der Waals surface area contributed by atoms with E-state index in [2.05, 4.69) is 76.2 Å². The van der Waals surface area contributed by atoms with Crippen molar-refractivity contribution in [3.8, 4) is 0 Å². The molecule has 0 radical (unpaired) electrons. The molecule has 1 aliphatic rings. The number of esters is 1. The van der Waals surface area contributed by atoms with Crippen LogP contribution < -0.4 is 10.4 Å². The van der Waals surface area contributed by atoms with Gasteiger partial charge in [0.1, 0.15) is 6.10 Å². The van der Waals surface area contributed by atoms with Crippen LogP contribution in [0.3, 0.4) is 0 Å². The SMILES string of the molecule is C[C@H](CO[Si](c1ccccc1)(c1ccccc1)C(C)(C)C)[C@@H]1C=CC(=O)O1. The monoisotopic (exact) mass is 380 g/mol. The van der Waals surface area contributed by atoms with Gasteiger partial charge < -0.3 is 9.16 Å². The van der Waals surface area contributed by atoms with Crippen LogP contribution >= 0.6 is 0 Å². The first-order valence-electron chi connectivity index (χ1n) is 9.48. The Morgan fingerprint density at radius 3 is 1.93 bits per heavy atom. The molecule has 0 saturated heterocycles. The van der Waals surface area contributed by atoms with E-state index in [0.29, 0.717) is 6.61 Å². The molecule has 0 aliphatic carbocycles. The predicted octanol–water partition coefficient (Wildman–Crippen LogP) is 3.68. The van der Waals surface area contributed by atoms with Gasteiger partial charge in [0.15, 0.2) is 0 Å². The van der Waals surface area contributed by atoms with E-state index >= 15 is 0 Å². The maximum atomic E-state index is 11.4. The molecule has 2 aromatic rings. The molecule has 0 fully saturated rings. The van der Waals surface area contributed by atoms with E-state index < -0.39 is 8.32 Å². The minimum atomic E-state index is -2.54. The second kappa shape index (κ2) is 7.83. The van der Waals surface area contributed by atoms with Crippen molar-refractivity contribution < 1.29 is 14.0 Å². The average molecular weight is 381 g/mol. The van der Waals surface area contributed by atoms with Crippen LogP contribution in [0.15, 0.2) is 72.8 Å². The number of carbonyl (C=O) groups excluding carboxylic acids is 1. The van der Waals surface area contributed by atoms with Crippen LogP contribution in [0.4, 0.5) is 0 Å². The lowest BCUT2D eigenvalue weighted by molar-refractivity contribution is -0.140. The number of ether oxygens (including phenoxy) is 1. The number of rotatable bonds is 6. The molecule has 3 nitrogen and oxygen atoms in total. The van der Waals surface area contributed by atoms with Crippen molar-refractivity contribution in [1.29, 1.82) is 0 Å². The minimum Gasteiger partial charge on any atom is -0.455 e. The number of benzene rings is 2. The van der Waals surface area contributed by atoms with E-state index in [0.717, 1.165) is 0 Å². The van der Waals surface area contributed by atoms with Gasteiger partial charge in [0.2, 0.25) is 0 Å². The predicted molar refractivity (Wildman–Crippen MR) is 112 cm³/mol. The highest BCUT2D eigenvalue weighted by Gasteiger charge is 2.50. The molecule has 0 unspecified atom stereocenters. The summed E-state index contributed by atoms with van der Waals surface area (Å²) in [6, 6.07) is 21.2. The highest BCUT2D eigenvalue weighted by Crippen LogP contribution is 2.37. The Hall–Kier alpha value is -2.17. The van der Waals surface area contributed by atoms with Crippen molar-refractivity contribution in [3.63, 3.8) is 0 Å². The van der Waals surface area contributed by atoms with E-state index in [1.807, 2.05) is 18.2 Å². The first-order chi connectivity index (χ1) is 12.8. The Balaban J connectivity index is 1.99. The van der Waals surface area contributed by atoms with E-state index in [-0.39, 0.29) is 23.0 Å². The molecule has 0 saturated carbocycles. The summed E-state index contributed by atoms with van der Waals surface area (Å²) in [4.78, 5) is 11.4. The van der Waals surface area contributed by atoms with Crippen molar-refractivity contribution in [1.82, 2.24) is 0 Å². The van der Waals surface area contributed by atoms with Gasteiger partial charge >= 0.3 is 5.97 Å². The molecule has 3 rings (SSSR count). The van der Waals surface area contributed by atoms with Crippen molar-refractivity contribution in [2.24, 2.45) is 5.92 Å². The highest BCUT2D eigenvalue weighted by atomic mass is 28.4. The molecule has 0 N–H and O–H groups in total. The van der Waals surface area contributed by atoms with Gasteiger partial charge in [-0.05, 0) is 21.5 Å². The van der Waals surface area contributed by atoms with Crippen LogP contribution in [0.25, 0.3) is 0 Å². The molecule has 4 heteroatoms. The first kappa shape index (κ1) is 19.6. The summed E-state index contributed by atoms with van der Waals surface area (Å²) in [6.07, 6.45) is 3.13. The Morgan fingerprint density at radius 1 is 1.00 bits per heavy atom. The maximum absolute atomic E-state index is 11.4. The largest absolute Gasteiger partial charge is 0.455 e. The lowest BCUT2D eigenvalue weighted by Gasteiger charge is -2.43. The maximum Gasteiger partial charge on any atom is 0.331 e. The van der Waals surface area contributed by atoms with Crippen LogP contribution in [0.5, 0.6) is 0 Å². The third-order valence-electron chi connectivity index (χ3n) is 5.21. The quantitative estimate of drug-likeness (QED) is 0.566. The van der Waals surface area contributed by atoms with Crippen molar-refractivity contribution in [2.75, 3.05) is 6.61 Å². The van der Waals surface area contributed by atoms with Crippen LogP contribution in [-0.4, -0.2) is 27.0 Å². The topological polar surface area (TPSA) is 35.5 Å². The summed E-state index contributed by atoms with van der Waals surface area (Å²) in [6.45, 7) is 9.40. The smallest absolute Gasteiger partial charge is 0.331 e. The molecular weight excluding hydrogens is 352 g/mol. The van der Waals surface area contributed by atoms with Crippen molar-refractivity contribution in [2.45, 2.75) is 38.8 Å². The number of hydrogen-bond donors (Lipinski definition) is 0. The number of cyclic esters (lactones) is 1. The summed E-state index contributed by atoms with van der Waals surface area (Å²) < 4.78 is 12.3. The zero-order valence-electron chi connectivity index (χ0n) is 16.5. The summed E-state index contributed by atoms with van der Waals surface area (Å²) in [5.41, 5.74) is 0. The van der Waals surface area contributed by atoms with E-state index in [9.17, 15) is 4.79 Å². The van der Waals surface area contributed by atoms with Gasteiger partial charge in [0, 0.05) is 18.6 Å². The fourth-order valence-corrected chi connectivity index (χ4v) is 8.47. The molecule has 1 heterocycles. The van der Waals surface area contributed by atoms with Gasteiger partial charge in [-0.15, -0.1) is 0 Å². The Labute approximate surface area is 163 Å². The molecular formula is C23H28O3Si. The molecule has 0 bridgehead atoms. The summed E-state index contributed by atoms with van der Waals surface area (Å²) in [5, 5.41) is 2.46. The van der Waals surface area contributed by atoms with Gasteiger partial charge in [-0.1, -0.05) is 88.4 Å². The van der Waals surface area contributed by atoms with Gasteiger partial charge in [-0.2, -0.15) is 0 Å². The molecule has 2 atom stereocenters. The van der Waals surface area contributed by atoms with E-state index in [1.54, 1.807) is 0 Å². The summed E-state index contributed by atoms with van der Waals surface area (Å²) in [5.74, 6) is -0.174. The van der Waals surface area contributed by atoms with Gasteiger partial charge in [-0.25, -0.2) is 4.79 Å². The van der Waals surface area contributed by atoms with Crippen LogP contribution in [0.1, 0.15) is 27.7 Å². The normalized spacial score (nSPS) is 18.4.